The van der Waals surface area contributed by atoms with E-state index in [9.17, 15) is 4.79 Å². The van der Waals surface area contributed by atoms with E-state index < -0.39 is 0 Å². The number of rotatable bonds is 4. The number of aryl methyl sites for hydroxylation is 1. The summed E-state index contributed by atoms with van der Waals surface area (Å²) >= 11 is 0. The second-order valence-electron chi connectivity index (χ2n) is 7.27. The van der Waals surface area contributed by atoms with E-state index in [4.69, 9.17) is 0 Å². The molecular formula is C16H23N7O. The standard InChI is InChI=1S/C16H23N7O/c1-9(2)14-18-15(20-19-14)12-8-23(7-11(12)10-4-5-10)16(24)13-6-17-22(3)21-13/h6,9-12H,4-5,7-8H2,1-3H3,(H,18,19,20)/t11-,12+/m1/s1. The molecule has 24 heavy (non-hydrogen) atoms. The number of aromatic amines is 1. The first-order valence-electron chi connectivity index (χ1n) is 8.60. The number of hydrogen-bond donors (Lipinski definition) is 1. The number of nitrogens with zero attached hydrogens (tertiary/aromatic N) is 6. The van der Waals surface area contributed by atoms with Gasteiger partial charge in [0.15, 0.2) is 11.5 Å². The van der Waals surface area contributed by atoms with Gasteiger partial charge in [-0.1, -0.05) is 13.8 Å². The highest BCUT2D eigenvalue weighted by atomic mass is 16.2. The van der Waals surface area contributed by atoms with Crippen LogP contribution in [0.4, 0.5) is 0 Å². The van der Waals surface area contributed by atoms with Gasteiger partial charge in [-0.05, 0) is 24.7 Å². The topological polar surface area (TPSA) is 92.6 Å². The molecule has 1 saturated heterocycles. The summed E-state index contributed by atoms with van der Waals surface area (Å²) in [5.74, 6) is 3.41. The minimum absolute atomic E-state index is 0.0418. The third-order valence-corrected chi connectivity index (χ3v) is 5.09. The van der Waals surface area contributed by atoms with Gasteiger partial charge in [-0.25, -0.2) is 4.98 Å². The van der Waals surface area contributed by atoms with Crippen LogP contribution in [0.25, 0.3) is 0 Å². The van der Waals surface area contributed by atoms with Crippen LogP contribution in [0, 0.1) is 11.8 Å². The Balaban J connectivity index is 1.56. The third kappa shape index (κ3) is 2.70. The van der Waals surface area contributed by atoms with Gasteiger partial charge in [-0.3, -0.25) is 9.89 Å². The normalized spacial score (nSPS) is 24.1. The van der Waals surface area contributed by atoms with Gasteiger partial charge >= 0.3 is 0 Å². The predicted molar refractivity (Wildman–Crippen MR) is 86.3 cm³/mol. The van der Waals surface area contributed by atoms with Crippen LogP contribution in [0.2, 0.25) is 0 Å². The lowest BCUT2D eigenvalue weighted by atomic mass is 9.91. The number of hydrogen-bond acceptors (Lipinski definition) is 5. The molecule has 1 aliphatic carbocycles. The van der Waals surface area contributed by atoms with Crippen LogP contribution in [0.3, 0.4) is 0 Å². The Bertz CT molecular complexity index is 745. The van der Waals surface area contributed by atoms with Crippen molar-refractivity contribution >= 4 is 5.91 Å². The van der Waals surface area contributed by atoms with Crippen LogP contribution in [-0.2, 0) is 7.05 Å². The van der Waals surface area contributed by atoms with Crippen molar-refractivity contribution in [1.29, 1.82) is 0 Å². The average molecular weight is 329 g/mol. The lowest BCUT2D eigenvalue weighted by molar-refractivity contribution is 0.0778. The quantitative estimate of drug-likeness (QED) is 0.913. The predicted octanol–water partition coefficient (Wildman–Crippen LogP) is 1.32. The molecule has 8 nitrogen and oxygen atoms in total. The molecular weight excluding hydrogens is 306 g/mol. The summed E-state index contributed by atoms with van der Waals surface area (Å²) < 4.78 is 0. The molecule has 2 aliphatic rings. The molecule has 1 aliphatic heterocycles. The number of H-pyrrole nitrogens is 1. The Morgan fingerprint density at radius 1 is 1.33 bits per heavy atom. The minimum atomic E-state index is -0.0418. The maximum absolute atomic E-state index is 12.7. The number of amides is 1. The summed E-state index contributed by atoms with van der Waals surface area (Å²) in [7, 11) is 1.72. The van der Waals surface area contributed by atoms with Crippen molar-refractivity contribution in [3.63, 3.8) is 0 Å². The summed E-state index contributed by atoms with van der Waals surface area (Å²) in [5, 5.41) is 15.6. The number of nitrogens with one attached hydrogen (secondary N) is 1. The maximum Gasteiger partial charge on any atom is 0.276 e. The second kappa shape index (κ2) is 5.68. The molecule has 1 saturated carbocycles. The first kappa shape index (κ1) is 15.3. The molecule has 2 aromatic heterocycles. The first-order chi connectivity index (χ1) is 11.5. The summed E-state index contributed by atoms with van der Waals surface area (Å²) in [6.07, 6.45) is 4.03. The molecule has 0 spiro atoms. The Morgan fingerprint density at radius 3 is 2.71 bits per heavy atom. The van der Waals surface area contributed by atoms with E-state index in [1.165, 1.54) is 23.8 Å². The monoisotopic (exact) mass is 329 g/mol. The van der Waals surface area contributed by atoms with Crippen molar-refractivity contribution in [2.24, 2.45) is 18.9 Å². The largest absolute Gasteiger partial charge is 0.336 e. The van der Waals surface area contributed by atoms with Crippen molar-refractivity contribution in [3.8, 4) is 0 Å². The van der Waals surface area contributed by atoms with Crippen LogP contribution in [0.15, 0.2) is 6.20 Å². The highest BCUT2D eigenvalue weighted by Crippen LogP contribution is 2.47. The lowest BCUT2D eigenvalue weighted by Crippen LogP contribution is -2.29. The van der Waals surface area contributed by atoms with E-state index >= 15 is 0 Å². The number of likely N-dealkylation sites (tertiary alicyclic amines) is 1. The van der Waals surface area contributed by atoms with E-state index in [0.29, 0.717) is 30.0 Å². The highest BCUT2D eigenvalue weighted by Gasteiger charge is 2.46. The second-order valence-corrected chi connectivity index (χ2v) is 7.27. The van der Waals surface area contributed by atoms with Crippen LogP contribution in [-0.4, -0.2) is 54.1 Å². The van der Waals surface area contributed by atoms with Crippen LogP contribution < -0.4 is 0 Å². The zero-order valence-corrected chi connectivity index (χ0v) is 14.3. The van der Waals surface area contributed by atoms with Gasteiger partial charge < -0.3 is 4.90 Å². The van der Waals surface area contributed by atoms with Crippen molar-refractivity contribution in [1.82, 2.24) is 35.1 Å². The van der Waals surface area contributed by atoms with Crippen LogP contribution in [0.5, 0.6) is 0 Å². The molecule has 8 heteroatoms. The summed E-state index contributed by atoms with van der Waals surface area (Å²) in [4.78, 5) is 20.7. The molecule has 2 atom stereocenters. The molecule has 1 amide bonds. The smallest absolute Gasteiger partial charge is 0.276 e. The van der Waals surface area contributed by atoms with E-state index in [1.807, 2.05) is 4.90 Å². The van der Waals surface area contributed by atoms with Gasteiger partial charge in [-0.2, -0.15) is 15.0 Å². The Morgan fingerprint density at radius 2 is 2.12 bits per heavy atom. The Hall–Kier alpha value is -2.25. The first-order valence-corrected chi connectivity index (χ1v) is 8.60. The van der Waals surface area contributed by atoms with Gasteiger partial charge in [0, 0.05) is 32.0 Å². The van der Waals surface area contributed by atoms with Gasteiger partial charge in [0.1, 0.15) is 5.82 Å². The number of carbonyl (C=O) groups excluding carboxylic acids is 1. The average Bonchev–Trinajstić information content (AvgIpc) is 2.99. The lowest BCUT2D eigenvalue weighted by Gasteiger charge is -2.14. The molecule has 3 heterocycles. The summed E-state index contributed by atoms with van der Waals surface area (Å²) in [6.45, 7) is 5.61. The van der Waals surface area contributed by atoms with Gasteiger partial charge in [-0.15, -0.1) is 5.10 Å². The summed E-state index contributed by atoms with van der Waals surface area (Å²) in [6, 6.07) is 0. The fourth-order valence-electron chi connectivity index (χ4n) is 3.60. The van der Waals surface area contributed by atoms with E-state index in [1.54, 1.807) is 7.05 Å². The maximum atomic E-state index is 12.7. The molecule has 4 rings (SSSR count). The minimum Gasteiger partial charge on any atom is -0.336 e. The zero-order valence-electron chi connectivity index (χ0n) is 14.3. The Labute approximate surface area is 140 Å². The van der Waals surface area contributed by atoms with Crippen molar-refractivity contribution in [2.75, 3.05) is 13.1 Å². The van der Waals surface area contributed by atoms with E-state index in [-0.39, 0.29) is 11.8 Å². The van der Waals surface area contributed by atoms with Crippen molar-refractivity contribution < 1.29 is 4.79 Å². The molecule has 0 unspecified atom stereocenters. The fourth-order valence-corrected chi connectivity index (χ4v) is 3.60. The number of aromatic nitrogens is 6. The summed E-state index contributed by atoms with van der Waals surface area (Å²) in [5.41, 5.74) is 0.410. The third-order valence-electron chi connectivity index (χ3n) is 5.09. The molecule has 1 N–H and O–H groups in total. The van der Waals surface area contributed by atoms with Gasteiger partial charge in [0.2, 0.25) is 0 Å². The van der Waals surface area contributed by atoms with Crippen molar-refractivity contribution in [3.05, 3.63) is 23.5 Å². The van der Waals surface area contributed by atoms with Crippen LogP contribution in [0.1, 0.15) is 60.7 Å². The molecule has 2 aromatic rings. The van der Waals surface area contributed by atoms with E-state index in [2.05, 4.69) is 39.2 Å². The molecule has 0 aromatic carbocycles. The van der Waals surface area contributed by atoms with E-state index in [0.717, 1.165) is 18.2 Å². The molecule has 128 valence electrons. The molecule has 0 bridgehead atoms. The highest BCUT2D eigenvalue weighted by molar-refractivity contribution is 5.92. The molecule has 0 radical (unpaired) electrons. The van der Waals surface area contributed by atoms with Gasteiger partial charge in [0.05, 0.1) is 6.20 Å². The molecule has 2 fully saturated rings. The number of carbonyl (C=O) groups is 1. The SMILES string of the molecule is CC(C)c1n[nH]c([C@H]2CN(C(=O)c3cnn(C)n3)C[C@@H]2C2CC2)n1. The van der Waals surface area contributed by atoms with Crippen LogP contribution >= 0.6 is 0 Å². The zero-order chi connectivity index (χ0) is 16.8. The fraction of sp³-hybridized carbons (Fsp3) is 0.688. The van der Waals surface area contributed by atoms with Gasteiger partial charge in [0.25, 0.3) is 5.91 Å². The Kier molecular flexibility index (Phi) is 3.62. The van der Waals surface area contributed by atoms with Crippen molar-refractivity contribution in [2.45, 2.75) is 38.5 Å².